The smallest absolute Gasteiger partial charge is 0.0332 e. The van der Waals surface area contributed by atoms with Crippen molar-refractivity contribution < 1.29 is 0 Å². The first kappa shape index (κ1) is 14.2. The molecule has 0 atom stereocenters. The van der Waals surface area contributed by atoms with Crippen molar-refractivity contribution in [2.75, 3.05) is 11.8 Å². The molecule has 1 aromatic carbocycles. The van der Waals surface area contributed by atoms with Gasteiger partial charge in [-0.05, 0) is 24.3 Å². The van der Waals surface area contributed by atoms with Crippen molar-refractivity contribution in [3.05, 3.63) is 35.9 Å². The number of alkyl halides is 2. The molecule has 2 rings (SSSR count). The fourth-order valence-corrected chi connectivity index (χ4v) is 3.90. The Morgan fingerprint density at radius 3 is 2.17 bits per heavy atom. The number of halogens is 2. The monoisotopic (exact) mass is 284 g/mol. The fraction of sp³-hybridized carbons (Fsp3) is 0.625. The summed E-state index contributed by atoms with van der Waals surface area (Å²) in [4.78, 5) is 0. The Morgan fingerprint density at radius 1 is 1.00 bits per heavy atom. The molecule has 1 aliphatic carbocycles. The summed E-state index contributed by atoms with van der Waals surface area (Å²) in [7, 11) is 0. The van der Waals surface area contributed by atoms with Crippen LogP contribution in [-0.2, 0) is 5.41 Å². The Hall–Kier alpha value is -0.200. The third-order valence-corrected chi connectivity index (χ3v) is 5.43. The molecule has 0 saturated heterocycles. The van der Waals surface area contributed by atoms with Gasteiger partial charge in [0.15, 0.2) is 0 Å². The molecule has 100 valence electrons. The lowest BCUT2D eigenvalue weighted by atomic mass is 9.78. The minimum atomic E-state index is -0.0348. The molecule has 1 saturated carbocycles. The van der Waals surface area contributed by atoms with E-state index in [0.717, 1.165) is 12.3 Å². The van der Waals surface area contributed by atoms with E-state index in [9.17, 15) is 0 Å². The molecule has 0 bridgehead atoms. The Balaban J connectivity index is 2.06. The third kappa shape index (κ3) is 3.22. The lowest BCUT2D eigenvalue weighted by Crippen LogP contribution is -2.31. The molecule has 2 heteroatoms. The number of rotatable bonds is 6. The number of hydrogen-bond donors (Lipinski definition) is 0. The molecule has 1 fully saturated rings. The highest BCUT2D eigenvalue weighted by molar-refractivity contribution is 6.22. The molecule has 0 spiro atoms. The highest BCUT2D eigenvalue weighted by Crippen LogP contribution is 2.37. The summed E-state index contributed by atoms with van der Waals surface area (Å²) in [6, 6.07) is 10.5. The molecule has 1 aromatic rings. The second-order valence-corrected chi connectivity index (χ2v) is 6.14. The lowest BCUT2D eigenvalue weighted by molar-refractivity contribution is 0.394. The normalized spacial score (nSPS) is 17.2. The van der Waals surface area contributed by atoms with Crippen molar-refractivity contribution in [1.82, 2.24) is 0 Å². The maximum Gasteiger partial charge on any atom is 0.0332 e. The van der Waals surface area contributed by atoms with Gasteiger partial charge in [0.25, 0.3) is 0 Å². The van der Waals surface area contributed by atoms with Crippen LogP contribution in [0.2, 0.25) is 0 Å². The molecule has 0 nitrogen and oxygen atoms in total. The highest BCUT2D eigenvalue weighted by Gasteiger charge is 2.31. The SMILES string of the molecule is ClCC(CCl)(CCC1CCCC1)c1ccccc1. The molecule has 0 N–H and O–H groups in total. The molecular formula is C16H22Cl2. The van der Waals surface area contributed by atoms with Gasteiger partial charge in [-0.1, -0.05) is 56.0 Å². The van der Waals surface area contributed by atoms with E-state index in [1.54, 1.807) is 0 Å². The Labute approximate surface area is 121 Å². The van der Waals surface area contributed by atoms with Crippen LogP contribution < -0.4 is 0 Å². The summed E-state index contributed by atoms with van der Waals surface area (Å²) >= 11 is 12.5. The first-order valence-corrected chi connectivity index (χ1v) is 8.05. The summed E-state index contributed by atoms with van der Waals surface area (Å²) in [6.45, 7) is 0. The lowest BCUT2D eigenvalue weighted by Gasteiger charge is -2.31. The summed E-state index contributed by atoms with van der Waals surface area (Å²) in [5, 5.41) is 0. The van der Waals surface area contributed by atoms with E-state index in [1.807, 2.05) is 6.07 Å². The minimum Gasteiger partial charge on any atom is -0.126 e. The highest BCUT2D eigenvalue weighted by atomic mass is 35.5. The summed E-state index contributed by atoms with van der Waals surface area (Å²) in [6.07, 6.45) is 8.00. The average molecular weight is 285 g/mol. The van der Waals surface area contributed by atoms with E-state index in [-0.39, 0.29) is 5.41 Å². The molecule has 0 aromatic heterocycles. The molecule has 1 aliphatic rings. The second kappa shape index (κ2) is 6.82. The van der Waals surface area contributed by atoms with Crippen molar-refractivity contribution in [2.45, 2.75) is 43.9 Å². The van der Waals surface area contributed by atoms with Gasteiger partial charge in [-0.3, -0.25) is 0 Å². The third-order valence-electron chi connectivity index (χ3n) is 4.40. The maximum absolute atomic E-state index is 6.26. The average Bonchev–Trinajstić information content (AvgIpc) is 2.95. The summed E-state index contributed by atoms with van der Waals surface area (Å²) in [5.41, 5.74) is 1.26. The minimum absolute atomic E-state index is 0.0348. The topological polar surface area (TPSA) is 0 Å². The second-order valence-electron chi connectivity index (χ2n) is 5.60. The summed E-state index contributed by atoms with van der Waals surface area (Å²) < 4.78 is 0. The van der Waals surface area contributed by atoms with Crippen LogP contribution in [0.5, 0.6) is 0 Å². The fourth-order valence-electron chi connectivity index (χ4n) is 3.04. The largest absolute Gasteiger partial charge is 0.126 e. The molecule has 0 aliphatic heterocycles. The van der Waals surface area contributed by atoms with Crippen LogP contribution in [0.3, 0.4) is 0 Å². The van der Waals surface area contributed by atoms with E-state index >= 15 is 0 Å². The van der Waals surface area contributed by atoms with Gasteiger partial charge in [0.1, 0.15) is 0 Å². The van der Waals surface area contributed by atoms with E-state index in [0.29, 0.717) is 11.8 Å². The van der Waals surface area contributed by atoms with Crippen molar-refractivity contribution >= 4 is 23.2 Å². The van der Waals surface area contributed by atoms with E-state index < -0.39 is 0 Å². The maximum atomic E-state index is 6.26. The zero-order valence-corrected chi connectivity index (χ0v) is 12.4. The van der Waals surface area contributed by atoms with Gasteiger partial charge in [0, 0.05) is 17.2 Å². The summed E-state index contributed by atoms with van der Waals surface area (Å²) in [5.74, 6) is 2.14. The van der Waals surface area contributed by atoms with Gasteiger partial charge in [-0.15, -0.1) is 23.2 Å². The Bertz CT molecular complexity index is 337. The van der Waals surface area contributed by atoms with Gasteiger partial charge >= 0.3 is 0 Å². The van der Waals surface area contributed by atoms with Crippen LogP contribution in [0.4, 0.5) is 0 Å². The molecule has 0 amide bonds. The van der Waals surface area contributed by atoms with Crippen LogP contribution in [0.15, 0.2) is 30.3 Å². The Morgan fingerprint density at radius 2 is 1.61 bits per heavy atom. The van der Waals surface area contributed by atoms with Gasteiger partial charge in [-0.2, -0.15) is 0 Å². The van der Waals surface area contributed by atoms with E-state index in [1.165, 1.54) is 37.7 Å². The van der Waals surface area contributed by atoms with Crippen LogP contribution in [0, 0.1) is 5.92 Å². The van der Waals surface area contributed by atoms with Crippen LogP contribution in [-0.4, -0.2) is 11.8 Å². The van der Waals surface area contributed by atoms with Gasteiger partial charge < -0.3 is 0 Å². The quantitative estimate of drug-likeness (QED) is 0.616. The molecular weight excluding hydrogens is 263 g/mol. The zero-order valence-electron chi connectivity index (χ0n) is 10.9. The standard InChI is InChI=1S/C16H22Cl2/c17-12-16(13-18,15-8-2-1-3-9-15)11-10-14-6-4-5-7-14/h1-3,8-9,14H,4-7,10-13H2. The van der Waals surface area contributed by atoms with Gasteiger partial charge in [0.05, 0.1) is 0 Å². The van der Waals surface area contributed by atoms with Crippen LogP contribution >= 0.6 is 23.2 Å². The first-order valence-electron chi connectivity index (χ1n) is 6.98. The first-order chi connectivity index (χ1) is 8.80. The van der Waals surface area contributed by atoms with Gasteiger partial charge in [-0.25, -0.2) is 0 Å². The van der Waals surface area contributed by atoms with Crippen LogP contribution in [0.25, 0.3) is 0 Å². The van der Waals surface area contributed by atoms with E-state index in [2.05, 4.69) is 24.3 Å². The molecule has 0 radical (unpaired) electrons. The van der Waals surface area contributed by atoms with Gasteiger partial charge in [0.2, 0.25) is 0 Å². The van der Waals surface area contributed by atoms with Crippen LogP contribution in [0.1, 0.15) is 44.1 Å². The van der Waals surface area contributed by atoms with E-state index in [4.69, 9.17) is 23.2 Å². The predicted octanol–water partition coefficient (Wildman–Crippen LogP) is 5.37. The predicted molar refractivity (Wildman–Crippen MR) is 80.8 cm³/mol. The van der Waals surface area contributed by atoms with Crippen molar-refractivity contribution in [1.29, 1.82) is 0 Å². The molecule has 0 unspecified atom stereocenters. The van der Waals surface area contributed by atoms with Crippen molar-refractivity contribution in [2.24, 2.45) is 5.92 Å². The Kier molecular flexibility index (Phi) is 5.38. The number of hydrogen-bond acceptors (Lipinski definition) is 0. The van der Waals surface area contributed by atoms with Crippen molar-refractivity contribution in [3.8, 4) is 0 Å². The molecule has 0 heterocycles. The molecule has 18 heavy (non-hydrogen) atoms. The van der Waals surface area contributed by atoms with Crippen molar-refractivity contribution in [3.63, 3.8) is 0 Å². The number of benzene rings is 1. The zero-order chi connectivity index (χ0) is 12.8.